The average Bonchev–Trinajstić information content (AvgIpc) is 3.13. The van der Waals surface area contributed by atoms with Crippen LogP contribution < -0.4 is 9.04 Å². The van der Waals surface area contributed by atoms with Crippen LogP contribution in [0.15, 0.2) is 56.2 Å². The smallest absolute Gasteiger partial charge is 0.469 e. The lowest BCUT2D eigenvalue weighted by molar-refractivity contribution is -0.156. The number of benzene rings is 2. The van der Waals surface area contributed by atoms with Crippen molar-refractivity contribution in [2.45, 2.75) is 11.1 Å². The van der Waals surface area contributed by atoms with E-state index in [4.69, 9.17) is 9.15 Å². The molecule has 3 aromatic rings. The first kappa shape index (κ1) is 22.1. The number of ether oxygens (including phenoxy) is 1. The van der Waals surface area contributed by atoms with Crippen molar-refractivity contribution >= 4 is 31.8 Å². The molecular weight excluding hydrogens is 496 g/mol. The van der Waals surface area contributed by atoms with Crippen molar-refractivity contribution in [2.75, 3.05) is 18.5 Å². The Morgan fingerprint density at radius 2 is 1.80 bits per heavy atom. The molecule has 0 saturated heterocycles. The molecule has 3 rings (SSSR count). The van der Waals surface area contributed by atoms with E-state index in [2.05, 4.69) is 20.9 Å². The number of hydrogen-bond donors (Lipinski definition) is 0. The third-order valence-corrected chi connectivity index (χ3v) is 6.37. The van der Waals surface area contributed by atoms with Crippen LogP contribution >= 0.6 is 15.9 Å². The minimum absolute atomic E-state index is 0.0875. The molecule has 0 atom stereocenters. The first-order valence-corrected chi connectivity index (χ1v) is 10.4. The average molecular weight is 509 g/mol. The summed E-state index contributed by atoms with van der Waals surface area (Å²) in [5, 5.41) is 0. The molecule has 30 heavy (non-hydrogen) atoms. The molecule has 1 aromatic heterocycles. The fraction of sp³-hybridized carbons (Fsp3) is 0.167. The molecule has 0 saturated carbocycles. The minimum atomic E-state index is -4.99. The number of oxazole rings is 1. The molecule has 160 valence electrons. The van der Waals surface area contributed by atoms with E-state index in [0.717, 1.165) is 13.1 Å². The number of alkyl halides is 3. The summed E-state index contributed by atoms with van der Waals surface area (Å²) in [6, 6.07) is 9.15. The van der Waals surface area contributed by atoms with Gasteiger partial charge in [-0.05, 0) is 40.2 Å². The van der Waals surface area contributed by atoms with E-state index in [1.807, 2.05) is 0 Å². The maximum atomic E-state index is 14.3. The maximum absolute atomic E-state index is 14.3. The van der Waals surface area contributed by atoms with Crippen LogP contribution in [0.4, 0.5) is 23.4 Å². The fourth-order valence-corrected chi connectivity index (χ4v) is 4.35. The van der Waals surface area contributed by atoms with Gasteiger partial charge in [-0.3, -0.25) is 0 Å². The highest BCUT2D eigenvalue weighted by atomic mass is 79.9. The fourth-order valence-electron chi connectivity index (χ4n) is 2.59. The molecule has 6 nitrogen and oxygen atoms in total. The molecule has 2 aromatic carbocycles. The molecule has 0 aliphatic heterocycles. The highest BCUT2D eigenvalue weighted by molar-refractivity contribution is 9.10. The van der Waals surface area contributed by atoms with E-state index in [0.29, 0.717) is 4.31 Å². The lowest BCUT2D eigenvalue weighted by Gasteiger charge is -2.18. The van der Waals surface area contributed by atoms with Gasteiger partial charge in [-0.1, -0.05) is 18.2 Å². The highest BCUT2D eigenvalue weighted by Gasteiger charge is 2.40. The standard InChI is InChI=1S/C18H13BrF4N2O4S/c1-25(30(26,27)11-6-4-3-5-7-11)16-14(29-17(24-16)18(21,22)23)10-8-12(19)15(28-2)13(20)9-10/h3-9H,1-2H3. The lowest BCUT2D eigenvalue weighted by Crippen LogP contribution is -2.27. The van der Waals surface area contributed by atoms with Crippen LogP contribution in [0.25, 0.3) is 11.3 Å². The van der Waals surface area contributed by atoms with Gasteiger partial charge in [0.05, 0.1) is 16.5 Å². The van der Waals surface area contributed by atoms with E-state index < -0.39 is 39.5 Å². The molecular formula is C18H13BrF4N2O4S. The summed E-state index contributed by atoms with van der Waals surface area (Å²) in [6.45, 7) is 0. The Labute approximate surface area is 177 Å². The monoisotopic (exact) mass is 508 g/mol. The van der Waals surface area contributed by atoms with Crippen LogP contribution in [-0.2, 0) is 16.2 Å². The summed E-state index contributed by atoms with van der Waals surface area (Å²) in [7, 11) is -2.03. The van der Waals surface area contributed by atoms with Gasteiger partial charge in [0.2, 0.25) is 0 Å². The zero-order chi connectivity index (χ0) is 22.3. The number of aromatic nitrogens is 1. The van der Waals surface area contributed by atoms with E-state index in [9.17, 15) is 26.0 Å². The topological polar surface area (TPSA) is 72.6 Å². The Morgan fingerprint density at radius 1 is 1.17 bits per heavy atom. The van der Waals surface area contributed by atoms with Gasteiger partial charge >= 0.3 is 12.1 Å². The molecule has 0 fully saturated rings. The lowest BCUT2D eigenvalue weighted by atomic mass is 10.1. The maximum Gasteiger partial charge on any atom is 0.469 e. The normalized spacial score (nSPS) is 12.1. The van der Waals surface area contributed by atoms with Gasteiger partial charge in [-0.15, -0.1) is 0 Å². The van der Waals surface area contributed by atoms with Gasteiger partial charge in [0.15, 0.2) is 23.1 Å². The number of nitrogens with zero attached hydrogens (tertiary/aromatic N) is 2. The van der Waals surface area contributed by atoms with Crippen molar-refractivity contribution in [2.24, 2.45) is 0 Å². The van der Waals surface area contributed by atoms with E-state index in [1.165, 1.54) is 37.4 Å². The van der Waals surface area contributed by atoms with Crippen molar-refractivity contribution in [3.8, 4) is 17.1 Å². The molecule has 0 unspecified atom stereocenters. The summed E-state index contributed by atoms with van der Waals surface area (Å²) >= 11 is 3.06. The molecule has 0 bridgehead atoms. The Bertz CT molecular complexity index is 1160. The highest BCUT2D eigenvalue weighted by Crippen LogP contribution is 2.41. The molecule has 0 aliphatic rings. The van der Waals surface area contributed by atoms with Gasteiger partial charge in [0, 0.05) is 12.6 Å². The third kappa shape index (κ3) is 4.01. The quantitative estimate of drug-likeness (QED) is 0.448. The van der Waals surface area contributed by atoms with E-state index in [-0.39, 0.29) is 20.7 Å². The van der Waals surface area contributed by atoms with Gasteiger partial charge in [-0.25, -0.2) is 17.1 Å². The molecule has 0 N–H and O–H groups in total. The minimum Gasteiger partial charge on any atom is -0.492 e. The Balaban J connectivity index is 2.22. The second kappa shape index (κ2) is 7.91. The summed E-state index contributed by atoms with van der Waals surface area (Å²) in [5.41, 5.74) is -0.173. The Morgan fingerprint density at radius 3 is 2.33 bits per heavy atom. The first-order valence-electron chi connectivity index (χ1n) is 8.12. The predicted octanol–water partition coefficient (Wildman–Crippen LogP) is 5.10. The van der Waals surface area contributed by atoms with Crippen molar-refractivity contribution in [3.05, 3.63) is 58.6 Å². The van der Waals surface area contributed by atoms with E-state index in [1.54, 1.807) is 6.07 Å². The summed E-state index contributed by atoms with van der Waals surface area (Å²) in [6.07, 6.45) is -4.99. The van der Waals surface area contributed by atoms with Crippen LogP contribution in [0.5, 0.6) is 5.75 Å². The summed E-state index contributed by atoms with van der Waals surface area (Å²) in [4.78, 5) is 3.17. The van der Waals surface area contributed by atoms with Crippen molar-refractivity contribution in [3.63, 3.8) is 0 Å². The van der Waals surface area contributed by atoms with Crippen molar-refractivity contribution in [1.29, 1.82) is 0 Å². The third-order valence-electron chi connectivity index (χ3n) is 4.02. The predicted molar refractivity (Wildman–Crippen MR) is 103 cm³/mol. The SMILES string of the molecule is COc1c(F)cc(-c2oc(C(F)(F)F)nc2N(C)S(=O)(=O)c2ccccc2)cc1Br. The number of methoxy groups -OCH3 is 1. The summed E-state index contributed by atoms with van der Waals surface area (Å²) in [5.74, 6) is -3.98. The van der Waals surface area contributed by atoms with Crippen LogP contribution in [0.2, 0.25) is 0 Å². The second-order valence-electron chi connectivity index (χ2n) is 5.93. The number of halogens is 5. The van der Waals surface area contributed by atoms with Crippen LogP contribution in [-0.4, -0.2) is 27.6 Å². The number of anilines is 1. The zero-order valence-electron chi connectivity index (χ0n) is 15.4. The van der Waals surface area contributed by atoms with E-state index >= 15 is 0 Å². The zero-order valence-corrected chi connectivity index (χ0v) is 17.8. The number of sulfonamides is 1. The Hall–Kier alpha value is -2.60. The largest absolute Gasteiger partial charge is 0.492 e. The van der Waals surface area contributed by atoms with Gasteiger partial charge in [-0.2, -0.15) is 18.2 Å². The number of rotatable bonds is 5. The van der Waals surface area contributed by atoms with Gasteiger partial charge in [0.25, 0.3) is 10.0 Å². The molecule has 0 amide bonds. The second-order valence-corrected chi connectivity index (χ2v) is 8.75. The van der Waals surface area contributed by atoms with Crippen LogP contribution in [0.3, 0.4) is 0 Å². The Kier molecular flexibility index (Phi) is 5.83. The van der Waals surface area contributed by atoms with Crippen molar-refractivity contribution in [1.82, 2.24) is 4.98 Å². The molecule has 0 radical (unpaired) electrons. The molecule has 1 heterocycles. The van der Waals surface area contributed by atoms with Crippen molar-refractivity contribution < 1.29 is 35.1 Å². The summed E-state index contributed by atoms with van der Waals surface area (Å²) < 4.78 is 90.1. The first-order chi connectivity index (χ1) is 14.0. The molecule has 0 spiro atoms. The van der Waals surface area contributed by atoms with Crippen LogP contribution in [0.1, 0.15) is 5.89 Å². The van der Waals surface area contributed by atoms with Gasteiger partial charge in [0.1, 0.15) is 0 Å². The molecule has 12 heteroatoms. The van der Waals surface area contributed by atoms with Crippen LogP contribution in [0, 0.1) is 5.82 Å². The van der Waals surface area contributed by atoms with Gasteiger partial charge < -0.3 is 9.15 Å². The number of hydrogen-bond acceptors (Lipinski definition) is 5. The molecule has 0 aliphatic carbocycles.